The van der Waals surface area contributed by atoms with Gasteiger partial charge in [-0.3, -0.25) is 4.79 Å². The van der Waals surface area contributed by atoms with Crippen molar-refractivity contribution in [1.82, 2.24) is 0 Å². The minimum Gasteiger partial charge on any atom is -0.496 e. The number of ketones is 1. The highest BCUT2D eigenvalue weighted by molar-refractivity contribution is 5.97. The molecule has 2 aromatic rings. The molecular formula is C17H19NO2. The largest absolute Gasteiger partial charge is 0.496 e. The van der Waals surface area contributed by atoms with Crippen molar-refractivity contribution in [2.45, 2.75) is 19.9 Å². The summed E-state index contributed by atoms with van der Waals surface area (Å²) in [6, 6.07) is 13.3. The van der Waals surface area contributed by atoms with E-state index in [1.807, 2.05) is 49.4 Å². The first kappa shape index (κ1) is 14.3. The number of ether oxygens (including phenoxy) is 1. The highest BCUT2D eigenvalue weighted by Crippen LogP contribution is 2.21. The summed E-state index contributed by atoms with van der Waals surface area (Å²) in [6.07, 6.45) is 0.340. The molecule has 3 nitrogen and oxygen atoms in total. The summed E-state index contributed by atoms with van der Waals surface area (Å²) in [4.78, 5) is 12.3. The number of benzene rings is 2. The van der Waals surface area contributed by atoms with Gasteiger partial charge >= 0.3 is 0 Å². The number of carbonyl (C=O) groups excluding carboxylic acids is 1. The smallest absolute Gasteiger partial charge is 0.167 e. The van der Waals surface area contributed by atoms with Gasteiger partial charge in [-0.25, -0.2) is 0 Å². The molecule has 0 bridgehead atoms. The van der Waals surface area contributed by atoms with E-state index in [0.29, 0.717) is 18.5 Å². The van der Waals surface area contributed by atoms with Crippen LogP contribution in [0.25, 0.3) is 0 Å². The van der Waals surface area contributed by atoms with Crippen molar-refractivity contribution in [2.24, 2.45) is 5.73 Å². The predicted octanol–water partition coefficient (Wildman–Crippen LogP) is 2.89. The summed E-state index contributed by atoms with van der Waals surface area (Å²) in [5.74, 6) is 0.833. The Morgan fingerprint density at radius 2 is 1.85 bits per heavy atom. The minimum atomic E-state index is 0.0810. The molecule has 0 aliphatic rings. The number of hydrogen-bond acceptors (Lipinski definition) is 3. The average Bonchev–Trinajstić information content (AvgIpc) is 2.47. The van der Waals surface area contributed by atoms with Gasteiger partial charge in [0.05, 0.1) is 7.11 Å². The van der Waals surface area contributed by atoms with E-state index < -0.39 is 0 Å². The number of carbonyl (C=O) groups is 1. The number of Topliss-reactive ketones (excluding diaryl/α,β-unsaturated/α-hetero) is 1. The molecule has 0 aliphatic carbocycles. The number of rotatable bonds is 5. The second-order valence-corrected chi connectivity index (χ2v) is 4.82. The van der Waals surface area contributed by atoms with E-state index in [1.54, 1.807) is 7.11 Å². The summed E-state index contributed by atoms with van der Waals surface area (Å²) in [7, 11) is 1.62. The topological polar surface area (TPSA) is 52.3 Å². The molecule has 0 fully saturated rings. The van der Waals surface area contributed by atoms with Crippen LogP contribution in [0.5, 0.6) is 5.75 Å². The third-order valence-electron chi connectivity index (χ3n) is 3.30. The molecule has 2 N–H and O–H groups in total. The SMILES string of the molecule is COc1ccc(C)cc1CC(=O)c1ccc(CN)cc1. The van der Waals surface area contributed by atoms with Crippen LogP contribution in [0.2, 0.25) is 0 Å². The van der Waals surface area contributed by atoms with Crippen LogP contribution in [0, 0.1) is 6.92 Å². The van der Waals surface area contributed by atoms with Gasteiger partial charge in [-0.05, 0) is 18.6 Å². The van der Waals surface area contributed by atoms with Gasteiger partial charge in [0, 0.05) is 24.1 Å². The fraction of sp³-hybridized carbons (Fsp3) is 0.235. The maximum absolute atomic E-state index is 12.3. The van der Waals surface area contributed by atoms with Gasteiger partial charge in [0.25, 0.3) is 0 Å². The third kappa shape index (κ3) is 3.25. The Labute approximate surface area is 119 Å². The molecule has 0 radical (unpaired) electrons. The van der Waals surface area contributed by atoms with Crippen molar-refractivity contribution in [3.63, 3.8) is 0 Å². The Balaban J connectivity index is 2.20. The molecule has 0 atom stereocenters. The van der Waals surface area contributed by atoms with Crippen LogP contribution in [0.4, 0.5) is 0 Å². The van der Waals surface area contributed by atoms with Gasteiger partial charge in [-0.2, -0.15) is 0 Å². The Morgan fingerprint density at radius 3 is 2.45 bits per heavy atom. The Bertz CT molecular complexity index is 603. The summed E-state index contributed by atoms with van der Waals surface area (Å²) in [6.45, 7) is 2.49. The summed E-state index contributed by atoms with van der Waals surface area (Å²) < 4.78 is 5.30. The van der Waals surface area contributed by atoms with E-state index in [-0.39, 0.29) is 5.78 Å². The Hall–Kier alpha value is -2.13. The van der Waals surface area contributed by atoms with Gasteiger partial charge in [0.1, 0.15) is 5.75 Å². The van der Waals surface area contributed by atoms with Crippen LogP contribution >= 0.6 is 0 Å². The van der Waals surface area contributed by atoms with Gasteiger partial charge in [-0.1, -0.05) is 42.0 Å². The first-order chi connectivity index (χ1) is 9.63. The van der Waals surface area contributed by atoms with E-state index in [1.165, 1.54) is 0 Å². The normalized spacial score (nSPS) is 10.3. The summed E-state index contributed by atoms with van der Waals surface area (Å²) in [5, 5.41) is 0. The fourth-order valence-electron chi connectivity index (χ4n) is 2.15. The van der Waals surface area contributed by atoms with Gasteiger partial charge in [0.15, 0.2) is 5.78 Å². The van der Waals surface area contributed by atoms with Crippen LogP contribution in [0.1, 0.15) is 27.0 Å². The van der Waals surface area contributed by atoms with Crippen LogP contribution in [0.15, 0.2) is 42.5 Å². The molecule has 20 heavy (non-hydrogen) atoms. The van der Waals surface area contributed by atoms with E-state index in [4.69, 9.17) is 10.5 Å². The molecule has 0 aliphatic heterocycles. The van der Waals surface area contributed by atoms with Gasteiger partial charge < -0.3 is 10.5 Å². The molecule has 3 heteroatoms. The molecule has 2 rings (SSSR count). The van der Waals surface area contributed by atoms with Crippen LogP contribution in [0.3, 0.4) is 0 Å². The average molecular weight is 269 g/mol. The third-order valence-corrected chi connectivity index (χ3v) is 3.30. The Kier molecular flexibility index (Phi) is 4.53. The van der Waals surface area contributed by atoms with Gasteiger partial charge in [0.2, 0.25) is 0 Å². The number of hydrogen-bond donors (Lipinski definition) is 1. The van der Waals surface area contributed by atoms with E-state index in [9.17, 15) is 4.79 Å². The van der Waals surface area contributed by atoms with Crippen molar-refractivity contribution < 1.29 is 9.53 Å². The van der Waals surface area contributed by atoms with Gasteiger partial charge in [-0.15, -0.1) is 0 Å². The van der Waals surface area contributed by atoms with E-state index in [0.717, 1.165) is 22.4 Å². The molecule has 0 saturated heterocycles. The lowest BCUT2D eigenvalue weighted by Crippen LogP contribution is -2.06. The van der Waals surface area contributed by atoms with Crippen molar-refractivity contribution in [3.8, 4) is 5.75 Å². The molecule has 0 unspecified atom stereocenters. The molecule has 2 aromatic carbocycles. The van der Waals surface area contributed by atoms with Crippen molar-refractivity contribution in [3.05, 3.63) is 64.7 Å². The highest BCUT2D eigenvalue weighted by Gasteiger charge is 2.11. The Morgan fingerprint density at radius 1 is 1.15 bits per heavy atom. The summed E-state index contributed by atoms with van der Waals surface area (Å²) in [5.41, 5.74) is 9.31. The monoisotopic (exact) mass is 269 g/mol. The van der Waals surface area contributed by atoms with Crippen LogP contribution in [-0.4, -0.2) is 12.9 Å². The maximum Gasteiger partial charge on any atom is 0.167 e. The molecule has 0 saturated carbocycles. The van der Waals surface area contributed by atoms with Crippen molar-refractivity contribution >= 4 is 5.78 Å². The molecule has 0 amide bonds. The zero-order chi connectivity index (χ0) is 14.5. The first-order valence-corrected chi connectivity index (χ1v) is 6.59. The van der Waals surface area contributed by atoms with E-state index >= 15 is 0 Å². The fourth-order valence-corrected chi connectivity index (χ4v) is 2.15. The molecular weight excluding hydrogens is 250 g/mol. The molecule has 0 aromatic heterocycles. The van der Waals surface area contributed by atoms with E-state index in [2.05, 4.69) is 0 Å². The zero-order valence-corrected chi connectivity index (χ0v) is 11.8. The number of methoxy groups -OCH3 is 1. The lowest BCUT2D eigenvalue weighted by Gasteiger charge is -2.09. The zero-order valence-electron chi connectivity index (χ0n) is 11.8. The van der Waals surface area contributed by atoms with Crippen LogP contribution in [-0.2, 0) is 13.0 Å². The quantitative estimate of drug-likeness (QED) is 0.849. The minimum absolute atomic E-state index is 0.0810. The lowest BCUT2D eigenvalue weighted by molar-refractivity contribution is 0.0992. The second kappa shape index (κ2) is 6.35. The highest BCUT2D eigenvalue weighted by atomic mass is 16.5. The van der Waals surface area contributed by atoms with Crippen molar-refractivity contribution in [1.29, 1.82) is 0 Å². The van der Waals surface area contributed by atoms with Crippen LogP contribution < -0.4 is 10.5 Å². The molecule has 0 heterocycles. The molecule has 104 valence electrons. The van der Waals surface area contributed by atoms with Crippen molar-refractivity contribution in [2.75, 3.05) is 7.11 Å². The standard InChI is InChI=1S/C17H19NO2/c1-12-3-8-17(20-2)15(9-12)10-16(19)14-6-4-13(11-18)5-7-14/h3-9H,10-11,18H2,1-2H3. The predicted molar refractivity (Wildman–Crippen MR) is 80.1 cm³/mol. The lowest BCUT2D eigenvalue weighted by atomic mass is 10.00. The molecule has 0 spiro atoms. The second-order valence-electron chi connectivity index (χ2n) is 4.82. The number of aryl methyl sites for hydroxylation is 1. The summed E-state index contributed by atoms with van der Waals surface area (Å²) >= 11 is 0. The number of nitrogens with two attached hydrogens (primary N) is 1. The first-order valence-electron chi connectivity index (χ1n) is 6.59. The maximum atomic E-state index is 12.3.